The molecule has 0 aliphatic carbocycles. The molecule has 44 heavy (non-hydrogen) atoms. The van der Waals surface area contributed by atoms with Gasteiger partial charge in [0.15, 0.2) is 0 Å². The second-order valence-corrected chi connectivity index (χ2v) is 9.97. The molecule has 0 aliphatic rings. The van der Waals surface area contributed by atoms with Gasteiger partial charge in [-0.15, -0.1) is 0 Å². The maximum Gasteiger partial charge on any atom is 0.0652 e. The summed E-state index contributed by atoms with van der Waals surface area (Å²) in [6, 6.07) is 4.92. The Kier molecular flexibility index (Phi) is 2.87. The van der Waals surface area contributed by atoms with Crippen molar-refractivity contribution in [2.45, 2.75) is 0 Å². The predicted molar refractivity (Wildman–Crippen MR) is 186 cm³/mol. The van der Waals surface area contributed by atoms with Crippen LogP contribution in [0.1, 0.15) is 24.7 Å². The van der Waals surface area contributed by atoms with Crippen molar-refractivity contribution in [3.63, 3.8) is 0 Å². The quantitative estimate of drug-likeness (QED) is 0.197. The first-order valence-electron chi connectivity index (χ1n) is 22.7. The molecule has 0 saturated heterocycles. The van der Waals surface area contributed by atoms with Crippen molar-refractivity contribution in [1.29, 1.82) is 0 Å². The molecular weight excluding hydrogens is 532 g/mol. The number of hydrogen-bond donors (Lipinski definition) is 0. The summed E-state index contributed by atoms with van der Waals surface area (Å²) in [5, 5.41) is 1.14. The molecule has 206 valence electrons. The molecule has 0 aliphatic heterocycles. The van der Waals surface area contributed by atoms with Gasteiger partial charge in [0.25, 0.3) is 0 Å². The van der Waals surface area contributed by atoms with Crippen molar-refractivity contribution in [3.05, 3.63) is 169 Å². The van der Waals surface area contributed by atoms with Crippen LogP contribution in [0.15, 0.2) is 169 Å². The molecule has 0 spiro atoms. The van der Waals surface area contributed by atoms with Crippen LogP contribution in [-0.2, 0) is 0 Å². The van der Waals surface area contributed by atoms with E-state index in [9.17, 15) is 6.85 Å². The molecular formula is C42H28N2. The third-order valence-corrected chi connectivity index (χ3v) is 7.52. The normalized spacial score (nSPS) is 17.4. The summed E-state index contributed by atoms with van der Waals surface area (Å²) in [7, 11) is 0. The molecule has 9 rings (SSSR count). The second-order valence-electron chi connectivity index (χ2n) is 9.97. The van der Waals surface area contributed by atoms with Crippen LogP contribution in [0.5, 0.6) is 0 Å². The van der Waals surface area contributed by atoms with E-state index < -0.39 is 137 Å². The van der Waals surface area contributed by atoms with E-state index in [1.54, 1.807) is 28.8 Å². The Balaban J connectivity index is 1.44. The Hall–Kier alpha value is -5.86. The van der Waals surface area contributed by atoms with Gasteiger partial charge in [-0.2, -0.15) is 0 Å². The van der Waals surface area contributed by atoms with Crippen molar-refractivity contribution in [1.82, 2.24) is 9.13 Å². The lowest BCUT2D eigenvalue weighted by atomic mass is 9.99. The summed E-state index contributed by atoms with van der Waals surface area (Å²) in [5.41, 5.74) is -2.02. The molecule has 0 atom stereocenters. The zero-order valence-electron chi connectivity index (χ0n) is 40.7. The van der Waals surface area contributed by atoms with Gasteiger partial charge in [-0.3, -0.25) is 0 Å². The first-order chi connectivity index (χ1) is 29.3. The zero-order valence-corrected chi connectivity index (χ0v) is 22.7. The number of fused-ring (bicyclic) bond motifs is 6. The van der Waals surface area contributed by atoms with Crippen LogP contribution >= 0.6 is 0 Å². The summed E-state index contributed by atoms with van der Waals surface area (Å²) >= 11 is 0. The number of aromatic nitrogens is 2. The number of rotatable bonds is 4. The highest BCUT2D eigenvalue weighted by Gasteiger charge is 2.16. The standard InChI is InChI=1S/C42H28N2/c1-2-12-29(13-3-1)30-14-10-15-31(26-30)32-16-11-17-33(27-32)43-41-23-9-6-20-37(41)38-28-34(24-25-42(38)43)44-39-21-7-4-18-35(39)36-19-5-8-22-40(36)44/h1-28H/i1D,2D,3D,6D,9D,12D,13D,14D,15D,16D,17D,20D,23D,24D,25D,26D,27D,28D. The molecule has 7 aromatic carbocycles. The Morgan fingerprint density at radius 2 is 0.909 bits per heavy atom. The second kappa shape index (κ2) is 9.86. The van der Waals surface area contributed by atoms with E-state index >= 15 is 0 Å². The molecule has 0 N–H and O–H groups in total. The van der Waals surface area contributed by atoms with Gasteiger partial charge in [-0.1, -0.05) is 115 Å². The molecule has 2 nitrogen and oxygen atoms in total. The van der Waals surface area contributed by atoms with E-state index in [0.29, 0.717) is 11.0 Å². The lowest BCUT2D eigenvalue weighted by Crippen LogP contribution is -1.96. The molecule has 2 heteroatoms. The zero-order chi connectivity index (χ0) is 44.7. The van der Waals surface area contributed by atoms with Crippen LogP contribution in [-0.4, -0.2) is 9.13 Å². The highest BCUT2D eigenvalue weighted by molar-refractivity contribution is 6.12. The largest absolute Gasteiger partial charge is 0.309 e. The van der Waals surface area contributed by atoms with Gasteiger partial charge in [0, 0.05) is 32.9 Å². The topological polar surface area (TPSA) is 9.86 Å². The minimum Gasteiger partial charge on any atom is -0.309 e. The Morgan fingerprint density at radius 1 is 0.341 bits per heavy atom. The lowest BCUT2D eigenvalue weighted by Gasteiger charge is -2.12. The maximum atomic E-state index is 9.78. The highest BCUT2D eigenvalue weighted by Crippen LogP contribution is 2.37. The molecule has 0 amide bonds. The van der Waals surface area contributed by atoms with E-state index in [4.69, 9.17) is 17.8 Å². The molecule has 0 saturated carbocycles. The molecule has 0 fully saturated rings. The molecule has 0 bridgehead atoms. The van der Waals surface area contributed by atoms with E-state index in [0.717, 1.165) is 27.5 Å². The number of benzene rings is 7. The minimum absolute atomic E-state index is 0.0703. The van der Waals surface area contributed by atoms with Gasteiger partial charge >= 0.3 is 0 Å². The summed E-state index contributed by atoms with van der Waals surface area (Å²) in [6.07, 6.45) is 0. The van der Waals surface area contributed by atoms with E-state index in [2.05, 4.69) is 0 Å². The van der Waals surface area contributed by atoms with Gasteiger partial charge in [0.05, 0.1) is 46.7 Å². The third kappa shape index (κ3) is 3.82. The van der Waals surface area contributed by atoms with Crippen molar-refractivity contribution in [3.8, 4) is 33.6 Å². The van der Waals surface area contributed by atoms with Gasteiger partial charge in [0.2, 0.25) is 0 Å². The van der Waals surface area contributed by atoms with Gasteiger partial charge in [-0.25, -0.2) is 0 Å². The number of nitrogens with zero attached hydrogens (tertiary/aromatic N) is 2. The number of para-hydroxylation sites is 3. The predicted octanol–water partition coefficient (Wildman–Crippen LogP) is 11.2. The molecule has 2 heterocycles. The molecule has 0 unspecified atom stereocenters. The maximum absolute atomic E-state index is 9.78. The van der Waals surface area contributed by atoms with Crippen LogP contribution in [0, 0.1) is 0 Å². The van der Waals surface area contributed by atoms with Gasteiger partial charge in [-0.05, 0) is 76.7 Å². The summed E-state index contributed by atoms with van der Waals surface area (Å²) < 4.78 is 163. The Bertz CT molecular complexity index is 3430. The van der Waals surface area contributed by atoms with Crippen LogP contribution < -0.4 is 0 Å². The first-order valence-corrected chi connectivity index (χ1v) is 13.7. The van der Waals surface area contributed by atoms with Crippen molar-refractivity contribution < 1.29 is 24.7 Å². The fourth-order valence-electron chi connectivity index (χ4n) is 5.65. The molecule has 9 aromatic rings. The van der Waals surface area contributed by atoms with E-state index in [1.165, 1.54) is 0 Å². The van der Waals surface area contributed by atoms with E-state index in [-0.39, 0.29) is 27.5 Å². The van der Waals surface area contributed by atoms with Crippen molar-refractivity contribution >= 4 is 43.6 Å². The summed E-state index contributed by atoms with van der Waals surface area (Å²) in [5.74, 6) is 0. The minimum atomic E-state index is -0.746. The van der Waals surface area contributed by atoms with Crippen LogP contribution in [0.25, 0.3) is 77.2 Å². The van der Waals surface area contributed by atoms with Gasteiger partial charge < -0.3 is 9.13 Å². The van der Waals surface area contributed by atoms with Crippen LogP contribution in [0.2, 0.25) is 0 Å². The smallest absolute Gasteiger partial charge is 0.0652 e. The third-order valence-electron chi connectivity index (χ3n) is 7.52. The van der Waals surface area contributed by atoms with Crippen LogP contribution in [0.3, 0.4) is 0 Å². The molecule has 2 aromatic heterocycles. The summed E-state index contributed by atoms with van der Waals surface area (Å²) in [6.45, 7) is 0. The molecule has 0 radical (unpaired) electrons. The van der Waals surface area contributed by atoms with Crippen molar-refractivity contribution in [2.24, 2.45) is 0 Å². The Labute approximate surface area is 281 Å². The van der Waals surface area contributed by atoms with E-state index in [1.807, 2.05) is 24.3 Å². The summed E-state index contributed by atoms with van der Waals surface area (Å²) in [4.78, 5) is 0. The monoisotopic (exact) mass is 578 g/mol. The lowest BCUT2D eigenvalue weighted by molar-refractivity contribution is 1.17. The highest BCUT2D eigenvalue weighted by atomic mass is 15.0. The SMILES string of the molecule is [2H]c1cc([2H])c(-c2c([2H])c([2H])c([2H])c([2H])c2[2H])c([2H])c1-c1c([2H])cc([2H])c(-n2c3c([2H])c([2H])c([2H])c([2H])c3c3c([2H])c(-n4c5ccccc5c5ccccc54)c([2H])c([2H])c32)c1[2H]. The fraction of sp³-hybridized carbons (Fsp3) is 0. The Morgan fingerprint density at radius 3 is 1.68 bits per heavy atom. The van der Waals surface area contributed by atoms with Gasteiger partial charge in [0.1, 0.15) is 0 Å². The first kappa shape index (κ1) is 12.8. The number of hydrogen-bond acceptors (Lipinski definition) is 0. The average molecular weight is 579 g/mol. The van der Waals surface area contributed by atoms with Crippen LogP contribution in [0.4, 0.5) is 0 Å². The fourth-order valence-corrected chi connectivity index (χ4v) is 5.65. The van der Waals surface area contributed by atoms with Crippen molar-refractivity contribution in [2.75, 3.05) is 0 Å². The average Bonchev–Trinajstić information content (AvgIpc) is 3.76.